The van der Waals surface area contributed by atoms with Gasteiger partial charge in [-0.25, -0.2) is 0 Å². The van der Waals surface area contributed by atoms with E-state index in [9.17, 15) is 9.90 Å². The molecule has 1 saturated carbocycles. The Bertz CT molecular complexity index is 1220. The molecule has 8 heteroatoms. The van der Waals surface area contributed by atoms with Crippen molar-refractivity contribution in [1.29, 1.82) is 0 Å². The van der Waals surface area contributed by atoms with E-state index in [1.54, 1.807) is 6.07 Å². The van der Waals surface area contributed by atoms with Crippen molar-refractivity contribution in [2.75, 3.05) is 6.54 Å². The predicted molar refractivity (Wildman–Crippen MR) is 131 cm³/mol. The maximum atomic E-state index is 12.3. The molecule has 2 bridgehead atoms. The van der Waals surface area contributed by atoms with Crippen LogP contribution in [0.25, 0.3) is 10.9 Å². The first-order valence-electron chi connectivity index (χ1n) is 10.9. The molecule has 3 aromatic rings. The monoisotopic (exact) mass is 514 g/mol. The third-order valence-electron chi connectivity index (χ3n) is 6.79. The van der Waals surface area contributed by atoms with Crippen LogP contribution in [0, 0.1) is 10.8 Å². The zero-order valence-corrected chi connectivity index (χ0v) is 20.9. The van der Waals surface area contributed by atoms with Crippen LogP contribution in [-0.4, -0.2) is 33.1 Å². The minimum atomic E-state index is -0.404. The summed E-state index contributed by atoms with van der Waals surface area (Å²) in [6, 6.07) is 9.89. The number of aromatic nitrogens is 1. The summed E-state index contributed by atoms with van der Waals surface area (Å²) in [7, 11) is 0. The number of thiophene rings is 1. The number of rotatable bonds is 4. The van der Waals surface area contributed by atoms with Gasteiger partial charge in [0, 0.05) is 22.4 Å². The van der Waals surface area contributed by atoms with Gasteiger partial charge in [0.25, 0.3) is 0 Å². The van der Waals surface area contributed by atoms with E-state index in [1.165, 1.54) is 24.2 Å². The number of hydrogen-bond donors (Lipinski definition) is 1. The molecule has 2 atom stereocenters. The number of amides is 1. The molecule has 3 heterocycles. The summed E-state index contributed by atoms with van der Waals surface area (Å²) < 4.78 is 2.79. The lowest BCUT2D eigenvalue weighted by Crippen LogP contribution is -2.35. The minimum absolute atomic E-state index is 0.0479. The van der Waals surface area contributed by atoms with E-state index in [1.807, 2.05) is 34.2 Å². The second-order valence-corrected chi connectivity index (χ2v) is 12.2. The standard InChI is InChI=1S/C24H27BrN4O2S/c1-23(2)10-16-11-24(3,12-23)13-28(16)14-29-18-7-6-15(25)9-17(18)20(22(29)31)26-27-21(30)19-5-4-8-32-19/h4-9,16,31H,10-14H2,1-3H3/t16-,24-/m1/s1. The van der Waals surface area contributed by atoms with Crippen molar-refractivity contribution in [3.63, 3.8) is 0 Å². The molecule has 6 nitrogen and oxygen atoms in total. The molecule has 168 valence electrons. The number of likely N-dealkylation sites (tertiary alicyclic amines) is 1. The van der Waals surface area contributed by atoms with Crippen molar-refractivity contribution in [3.8, 4) is 5.88 Å². The predicted octanol–water partition coefficient (Wildman–Crippen LogP) is 6.95. The first-order chi connectivity index (χ1) is 15.1. The van der Waals surface area contributed by atoms with Gasteiger partial charge in [-0.05, 0) is 59.7 Å². The molecular weight excluding hydrogens is 488 g/mol. The summed E-state index contributed by atoms with van der Waals surface area (Å²) in [6.07, 6.45) is 3.59. The van der Waals surface area contributed by atoms with Crippen LogP contribution < -0.4 is 0 Å². The summed E-state index contributed by atoms with van der Waals surface area (Å²) in [6.45, 7) is 8.73. The first kappa shape index (κ1) is 21.8. The van der Waals surface area contributed by atoms with E-state index in [0.29, 0.717) is 34.1 Å². The van der Waals surface area contributed by atoms with Crippen molar-refractivity contribution < 1.29 is 9.90 Å². The van der Waals surface area contributed by atoms with Crippen LogP contribution in [0.5, 0.6) is 5.88 Å². The summed E-state index contributed by atoms with van der Waals surface area (Å²) in [5, 5.41) is 21.9. The van der Waals surface area contributed by atoms with Gasteiger partial charge in [-0.15, -0.1) is 21.6 Å². The Balaban J connectivity index is 1.50. The molecule has 1 aromatic carbocycles. The van der Waals surface area contributed by atoms with Crippen LogP contribution in [-0.2, 0) is 6.67 Å². The Morgan fingerprint density at radius 3 is 2.84 bits per heavy atom. The van der Waals surface area contributed by atoms with Crippen molar-refractivity contribution in [2.24, 2.45) is 21.1 Å². The molecule has 0 unspecified atom stereocenters. The van der Waals surface area contributed by atoms with Gasteiger partial charge in [0.05, 0.1) is 17.1 Å². The number of carbonyl (C=O) groups excluding carboxylic acids is 1. The third-order valence-corrected chi connectivity index (χ3v) is 8.14. The minimum Gasteiger partial charge on any atom is -0.493 e. The maximum absolute atomic E-state index is 12.3. The van der Waals surface area contributed by atoms with E-state index >= 15 is 0 Å². The molecule has 1 saturated heterocycles. The number of fused-ring (bicyclic) bond motifs is 3. The highest BCUT2D eigenvalue weighted by Gasteiger charge is 2.49. The van der Waals surface area contributed by atoms with Gasteiger partial charge < -0.3 is 5.11 Å². The quantitative estimate of drug-likeness (QED) is 0.382. The van der Waals surface area contributed by atoms with Gasteiger partial charge in [0.1, 0.15) is 0 Å². The summed E-state index contributed by atoms with van der Waals surface area (Å²) in [5.74, 6) is -0.356. The van der Waals surface area contributed by atoms with Crippen LogP contribution in [0.1, 0.15) is 49.7 Å². The molecule has 1 amide bonds. The topological polar surface area (TPSA) is 70.2 Å². The van der Waals surface area contributed by atoms with Gasteiger partial charge in [0.15, 0.2) is 5.69 Å². The highest BCUT2D eigenvalue weighted by molar-refractivity contribution is 9.10. The number of benzene rings is 1. The van der Waals surface area contributed by atoms with Crippen molar-refractivity contribution in [2.45, 2.75) is 52.7 Å². The Morgan fingerprint density at radius 2 is 2.09 bits per heavy atom. The number of halogens is 1. The molecule has 32 heavy (non-hydrogen) atoms. The number of nitrogens with zero attached hydrogens (tertiary/aromatic N) is 4. The van der Waals surface area contributed by atoms with Crippen molar-refractivity contribution >= 4 is 49.8 Å². The number of aromatic hydroxyl groups is 1. The highest BCUT2D eigenvalue weighted by atomic mass is 79.9. The molecule has 2 aromatic heterocycles. The molecule has 2 fully saturated rings. The third kappa shape index (κ3) is 3.93. The average Bonchev–Trinajstić information content (AvgIpc) is 3.37. The fraction of sp³-hybridized carbons (Fsp3) is 0.458. The van der Waals surface area contributed by atoms with E-state index in [0.717, 1.165) is 28.3 Å². The normalized spacial score (nSPS) is 25.2. The first-order valence-corrected chi connectivity index (χ1v) is 12.6. The largest absolute Gasteiger partial charge is 0.493 e. The van der Waals surface area contributed by atoms with Crippen LogP contribution in [0.15, 0.2) is 50.4 Å². The van der Waals surface area contributed by atoms with Crippen LogP contribution in [0.2, 0.25) is 0 Å². The molecule has 1 aliphatic heterocycles. The Morgan fingerprint density at radius 1 is 1.28 bits per heavy atom. The Hall–Kier alpha value is -2.03. The van der Waals surface area contributed by atoms with Crippen molar-refractivity contribution in [3.05, 3.63) is 45.1 Å². The van der Waals surface area contributed by atoms with E-state index in [4.69, 9.17) is 0 Å². The highest BCUT2D eigenvalue weighted by Crippen LogP contribution is 2.53. The van der Waals surface area contributed by atoms with E-state index in [2.05, 4.69) is 51.8 Å². The summed E-state index contributed by atoms with van der Waals surface area (Å²) in [4.78, 5) is 15.4. The molecule has 0 radical (unpaired) electrons. The lowest BCUT2D eigenvalue weighted by molar-refractivity contribution is 0.0999. The molecular formula is C24H27BrN4O2S. The van der Waals surface area contributed by atoms with Gasteiger partial charge in [-0.1, -0.05) is 42.8 Å². The molecule has 5 rings (SSSR count). The molecule has 1 N–H and O–H groups in total. The maximum Gasteiger partial charge on any atom is 0.305 e. The van der Waals surface area contributed by atoms with Gasteiger partial charge in [-0.3, -0.25) is 14.3 Å². The smallest absolute Gasteiger partial charge is 0.305 e. The zero-order chi connectivity index (χ0) is 22.7. The Kier molecular flexibility index (Phi) is 5.30. The van der Waals surface area contributed by atoms with Gasteiger partial charge in [0.2, 0.25) is 5.88 Å². The molecule has 0 spiro atoms. The van der Waals surface area contributed by atoms with Crippen LogP contribution >= 0.6 is 27.3 Å². The van der Waals surface area contributed by atoms with Crippen LogP contribution in [0.4, 0.5) is 5.69 Å². The number of hydrogen-bond acceptors (Lipinski definition) is 5. The Labute approximate surface area is 200 Å². The van der Waals surface area contributed by atoms with Crippen molar-refractivity contribution in [1.82, 2.24) is 9.47 Å². The van der Waals surface area contributed by atoms with Crippen LogP contribution in [0.3, 0.4) is 0 Å². The number of carbonyl (C=O) groups is 1. The van der Waals surface area contributed by atoms with E-state index in [-0.39, 0.29) is 5.88 Å². The molecule has 1 aliphatic carbocycles. The molecule has 2 aliphatic rings. The second-order valence-electron chi connectivity index (χ2n) is 10.3. The second kappa shape index (κ2) is 7.78. The number of azo groups is 1. The summed E-state index contributed by atoms with van der Waals surface area (Å²) >= 11 is 4.84. The summed E-state index contributed by atoms with van der Waals surface area (Å²) in [5.41, 5.74) is 1.86. The SMILES string of the molecule is CC1(C)C[C@@H]2C[C@@](C)(CN2Cn2c(O)c(N=NC(=O)c3cccs3)c3cc(Br)ccc32)C1. The zero-order valence-electron chi connectivity index (χ0n) is 18.5. The van der Waals surface area contributed by atoms with Gasteiger partial charge >= 0.3 is 5.91 Å². The lowest BCUT2D eigenvalue weighted by Gasteiger charge is -2.40. The fourth-order valence-electron chi connectivity index (χ4n) is 6.01. The van der Waals surface area contributed by atoms with E-state index < -0.39 is 5.91 Å². The van der Waals surface area contributed by atoms with Gasteiger partial charge in [-0.2, -0.15) is 0 Å². The fourth-order valence-corrected chi connectivity index (χ4v) is 6.97. The lowest BCUT2D eigenvalue weighted by atomic mass is 9.65. The average molecular weight is 515 g/mol.